The predicted molar refractivity (Wildman–Crippen MR) is 66.2 cm³/mol. The molecule has 0 amide bonds. The molecule has 4 nitrogen and oxygen atoms in total. The van der Waals surface area contributed by atoms with Gasteiger partial charge in [-0.05, 0) is 18.7 Å². The Bertz CT molecular complexity index is 566. The largest absolute Gasteiger partial charge is 0.416 e. The number of nitrogens with zero attached hydrogens (tertiary/aromatic N) is 2. The lowest BCUT2D eigenvalue weighted by atomic mass is 10.1. The molecule has 0 aliphatic rings. The van der Waals surface area contributed by atoms with Crippen LogP contribution in [0.15, 0.2) is 28.8 Å². The first-order valence-corrected chi connectivity index (χ1v) is 6.11. The highest BCUT2D eigenvalue weighted by atomic mass is 19.4. The Morgan fingerprint density at radius 2 is 2.10 bits per heavy atom. The van der Waals surface area contributed by atoms with Crippen molar-refractivity contribution in [2.75, 3.05) is 13.6 Å². The molecule has 2 rings (SSSR count). The lowest BCUT2D eigenvalue weighted by Crippen LogP contribution is -2.10. The summed E-state index contributed by atoms with van der Waals surface area (Å²) >= 11 is 0. The Kier molecular flexibility index (Phi) is 4.39. The molecule has 1 aromatic carbocycles. The summed E-state index contributed by atoms with van der Waals surface area (Å²) in [6.07, 6.45) is -3.54. The molecule has 1 aromatic heterocycles. The minimum atomic E-state index is -4.34. The predicted octanol–water partition coefficient (Wildman–Crippen LogP) is 2.44. The van der Waals surface area contributed by atoms with E-state index in [1.165, 1.54) is 6.07 Å². The molecule has 7 heteroatoms. The number of likely N-dealkylation sites (N-methyl/N-ethyl adjacent to an activating group) is 1. The normalized spacial score (nSPS) is 11.8. The van der Waals surface area contributed by atoms with Gasteiger partial charge in [-0.15, -0.1) is 0 Å². The number of benzene rings is 1. The van der Waals surface area contributed by atoms with E-state index in [1.807, 2.05) is 0 Å². The van der Waals surface area contributed by atoms with Crippen LogP contribution in [0.25, 0.3) is 0 Å². The van der Waals surface area contributed by atoms with Gasteiger partial charge < -0.3 is 9.84 Å². The highest BCUT2D eigenvalue weighted by Gasteiger charge is 2.30. The van der Waals surface area contributed by atoms with Crippen LogP contribution in [0.1, 0.15) is 22.8 Å². The van der Waals surface area contributed by atoms with Gasteiger partial charge >= 0.3 is 6.18 Å². The molecule has 0 atom stereocenters. The summed E-state index contributed by atoms with van der Waals surface area (Å²) in [6, 6.07) is 5.13. The quantitative estimate of drug-likeness (QED) is 0.916. The van der Waals surface area contributed by atoms with Crippen LogP contribution in [-0.4, -0.2) is 23.7 Å². The Morgan fingerprint density at radius 1 is 1.30 bits per heavy atom. The molecule has 0 aliphatic heterocycles. The summed E-state index contributed by atoms with van der Waals surface area (Å²) in [4.78, 5) is 4.14. The van der Waals surface area contributed by atoms with Crippen LogP contribution in [0.2, 0.25) is 0 Å². The van der Waals surface area contributed by atoms with Crippen LogP contribution in [0.5, 0.6) is 0 Å². The number of hydrogen-bond donors (Lipinski definition) is 1. The van der Waals surface area contributed by atoms with Gasteiger partial charge in [0.05, 0.1) is 5.56 Å². The van der Waals surface area contributed by atoms with Gasteiger partial charge in [0, 0.05) is 19.4 Å². The van der Waals surface area contributed by atoms with E-state index in [-0.39, 0.29) is 6.42 Å². The van der Waals surface area contributed by atoms with Gasteiger partial charge in [-0.25, -0.2) is 0 Å². The molecule has 0 spiro atoms. The number of aromatic nitrogens is 2. The number of rotatable bonds is 5. The molecule has 1 heterocycles. The van der Waals surface area contributed by atoms with Crippen LogP contribution >= 0.6 is 0 Å². The summed E-state index contributed by atoms with van der Waals surface area (Å²) in [5, 5.41) is 6.71. The third-order valence-corrected chi connectivity index (χ3v) is 2.72. The molecule has 0 bridgehead atoms. The molecule has 1 N–H and O–H groups in total. The van der Waals surface area contributed by atoms with Crippen molar-refractivity contribution in [2.24, 2.45) is 0 Å². The third-order valence-electron chi connectivity index (χ3n) is 2.72. The van der Waals surface area contributed by atoms with Crippen molar-refractivity contribution in [1.82, 2.24) is 15.5 Å². The molecule has 0 radical (unpaired) electrons. The minimum Gasteiger partial charge on any atom is -0.339 e. The fourth-order valence-electron chi connectivity index (χ4n) is 1.74. The van der Waals surface area contributed by atoms with Gasteiger partial charge in [0.2, 0.25) is 5.89 Å². The summed E-state index contributed by atoms with van der Waals surface area (Å²) < 4.78 is 42.8. The van der Waals surface area contributed by atoms with Crippen molar-refractivity contribution >= 4 is 0 Å². The van der Waals surface area contributed by atoms with E-state index >= 15 is 0 Å². The van der Waals surface area contributed by atoms with Gasteiger partial charge in [-0.2, -0.15) is 18.2 Å². The Hall–Kier alpha value is -1.89. The first-order valence-electron chi connectivity index (χ1n) is 6.11. The second-order valence-corrected chi connectivity index (χ2v) is 4.33. The van der Waals surface area contributed by atoms with Crippen molar-refractivity contribution in [3.05, 3.63) is 47.1 Å². The van der Waals surface area contributed by atoms with Crippen molar-refractivity contribution in [3.8, 4) is 0 Å². The zero-order chi connectivity index (χ0) is 14.6. The molecule has 0 fully saturated rings. The smallest absolute Gasteiger partial charge is 0.339 e. The molecule has 2 aromatic rings. The molecule has 20 heavy (non-hydrogen) atoms. The van der Waals surface area contributed by atoms with E-state index in [1.54, 1.807) is 13.1 Å². The van der Waals surface area contributed by atoms with Crippen LogP contribution < -0.4 is 5.32 Å². The maximum Gasteiger partial charge on any atom is 0.416 e. The van der Waals surface area contributed by atoms with Gasteiger partial charge in [-0.1, -0.05) is 23.4 Å². The van der Waals surface area contributed by atoms with Crippen LogP contribution in [0, 0.1) is 0 Å². The number of halogens is 3. The maximum absolute atomic E-state index is 12.6. The van der Waals surface area contributed by atoms with Crippen LogP contribution in [0.4, 0.5) is 13.2 Å². The SMILES string of the molecule is CNCCc1nc(Cc2cccc(C(F)(F)F)c2)no1. The van der Waals surface area contributed by atoms with E-state index < -0.39 is 11.7 Å². The average Bonchev–Trinajstić information content (AvgIpc) is 2.83. The average molecular weight is 285 g/mol. The van der Waals surface area contributed by atoms with Crippen molar-refractivity contribution < 1.29 is 17.7 Å². The summed E-state index contributed by atoms with van der Waals surface area (Å²) in [6.45, 7) is 0.700. The minimum absolute atomic E-state index is 0.215. The first kappa shape index (κ1) is 14.5. The summed E-state index contributed by atoms with van der Waals surface area (Å²) in [5.74, 6) is 0.858. The fourth-order valence-corrected chi connectivity index (χ4v) is 1.74. The van der Waals surface area contributed by atoms with Crippen molar-refractivity contribution in [2.45, 2.75) is 19.0 Å². The fraction of sp³-hybridized carbons (Fsp3) is 0.385. The van der Waals surface area contributed by atoms with E-state index in [0.717, 1.165) is 12.1 Å². The number of nitrogens with one attached hydrogen (secondary N) is 1. The first-order chi connectivity index (χ1) is 9.49. The molecule has 0 saturated carbocycles. The number of hydrogen-bond acceptors (Lipinski definition) is 4. The number of alkyl halides is 3. The van der Waals surface area contributed by atoms with E-state index in [0.29, 0.717) is 30.2 Å². The second-order valence-electron chi connectivity index (χ2n) is 4.33. The Balaban J connectivity index is 2.08. The molecular formula is C13H14F3N3O. The van der Waals surface area contributed by atoms with Gasteiger partial charge in [0.25, 0.3) is 0 Å². The third kappa shape index (κ3) is 3.80. The molecule has 108 valence electrons. The van der Waals surface area contributed by atoms with Crippen LogP contribution in [-0.2, 0) is 19.0 Å². The van der Waals surface area contributed by atoms with E-state index in [4.69, 9.17) is 4.52 Å². The molecule has 0 aliphatic carbocycles. The zero-order valence-electron chi connectivity index (χ0n) is 10.9. The monoisotopic (exact) mass is 285 g/mol. The topological polar surface area (TPSA) is 51.0 Å². The highest BCUT2D eigenvalue weighted by molar-refractivity contribution is 5.27. The van der Waals surface area contributed by atoms with Gasteiger partial charge in [0.15, 0.2) is 5.82 Å². The Morgan fingerprint density at radius 3 is 2.80 bits per heavy atom. The zero-order valence-corrected chi connectivity index (χ0v) is 10.9. The van der Waals surface area contributed by atoms with Gasteiger partial charge in [0.1, 0.15) is 0 Å². The van der Waals surface area contributed by atoms with Crippen molar-refractivity contribution in [3.63, 3.8) is 0 Å². The standard InChI is InChI=1S/C13H14F3N3O/c1-17-6-5-12-18-11(19-20-12)8-9-3-2-4-10(7-9)13(14,15)16/h2-4,7,17H,5-6,8H2,1H3. The van der Waals surface area contributed by atoms with E-state index in [9.17, 15) is 13.2 Å². The van der Waals surface area contributed by atoms with Crippen LogP contribution in [0.3, 0.4) is 0 Å². The molecular weight excluding hydrogens is 271 g/mol. The second kappa shape index (κ2) is 6.04. The molecule has 0 saturated heterocycles. The lowest BCUT2D eigenvalue weighted by molar-refractivity contribution is -0.137. The van der Waals surface area contributed by atoms with E-state index in [2.05, 4.69) is 15.5 Å². The maximum atomic E-state index is 12.6. The highest BCUT2D eigenvalue weighted by Crippen LogP contribution is 2.29. The van der Waals surface area contributed by atoms with Gasteiger partial charge in [-0.3, -0.25) is 0 Å². The Labute approximate surface area is 114 Å². The summed E-state index contributed by atoms with van der Waals surface area (Å²) in [7, 11) is 1.81. The lowest BCUT2D eigenvalue weighted by Gasteiger charge is -2.07. The molecule has 0 unspecified atom stereocenters. The summed E-state index contributed by atoms with van der Waals surface area (Å²) in [5.41, 5.74) is -0.172. The van der Waals surface area contributed by atoms with Crippen molar-refractivity contribution in [1.29, 1.82) is 0 Å².